The van der Waals surface area contributed by atoms with Gasteiger partial charge in [-0.05, 0) is 25.5 Å². The molecule has 1 N–H and O–H groups in total. The number of amides is 1. The molecular formula is C18H24N2O3. The van der Waals surface area contributed by atoms with Crippen molar-refractivity contribution in [3.63, 3.8) is 0 Å². The molecule has 3 rings (SSSR count). The zero-order valence-electron chi connectivity index (χ0n) is 13.7. The number of para-hydroxylation sites is 1. The summed E-state index contributed by atoms with van der Waals surface area (Å²) in [6.07, 6.45) is 2.19. The predicted molar refractivity (Wildman–Crippen MR) is 89.3 cm³/mol. The molecule has 124 valence electrons. The standard InChI is InChI=1S/C18H24N2O3/c1-3-19-9-14(16-6-4-5-7-17(16)19)8-18(22)20-10-15(11-21)23-12-13(20)2/h4-7,9,13,15,21H,3,8,10-12H2,1-2H3. The summed E-state index contributed by atoms with van der Waals surface area (Å²) in [5, 5.41) is 10.4. The summed E-state index contributed by atoms with van der Waals surface area (Å²) < 4.78 is 7.69. The molecule has 1 fully saturated rings. The summed E-state index contributed by atoms with van der Waals surface area (Å²) in [6, 6.07) is 8.24. The quantitative estimate of drug-likeness (QED) is 0.936. The second kappa shape index (κ2) is 6.72. The SMILES string of the molecule is CCn1cc(CC(=O)N2CC(CO)OCC2C)c2ccccc21. The number of aromatic nitrogens is 1. The number of fused-ring (bicyclic) bond motifs is 1. The van der Waals surface area contributed by atoms with Crippen molar-refractivity contribution in [2.45, 2.75) is 39.0 Å². The van der Waals surface area contributed by atoms with E-state index >= 15 is 0 Å². The summed E-state index contributed by atoms with van der Waals surface area (Å²) in [5.41, 5.74) is 2.23. The van der Waals surface area contributed by atoms with Gasteiger partial charge < -0.3 is 19.3 Å². The smallest absolute Gasteiger partial charge is 0.227 e. The summed E-state index contributed by atoms with van der Waals surface area (Å²) in [4.78, 5) is 14.6. The second-order valence-corrected chi connectivity index (χ2v) is 6.17. The van der Waals surface area contributed by atoms with Crippen molar-refractivity contribution in [3.8, 4) is 0 Å². The van der Waals surface area contributed by atoms with Crippen molar-refractivity contribution in [3.05, 3.63) is 36.0 Å². The van der Waals surface area contributed by atoms with Crippen molar-refractivity contribution in [2.24, 2.45) is 0 Å². The Labute approximate surface area is 136 Å². The minimum Gasteiger partial charge on any atom is -0.394 e. The summed E-state index contributed by atoms with van der Waals surface area (Å²) in [7, 11) is 0. The fraction of sp³-hybridized carbons (Fsp3) is 0.500. The maximum atomic E-state index is 12.8. The number of ether oxygens (including phenoxy) is 1. The van der Waals surface area contributed by atoms with Gasteiger partial charge in [0.1, 0.15) is 0 Å². The van der Waals surface area contributed by atoms with Gasteiger partial charge in [0.25, 0.3) is 0 Å². The lowest BCUT2D eigenvalue weighted by Gasteiger charge is -2.37. The molecule has 23 heavy (non-hydrogen) atoms. The van der Waals surface area contributed by atoms with Gasteiger partial charge in [0.05, 0.1) is 31.8 Å². The number of hydrogen-bond acceptors (Lipinski definition) is 3. The van der Waals surface area contributed by atoms with Crippen molar-refractivity contribution < 1.29 is 14.6 Å². The van der Waals surface area contributed by atoms with E-state index < -0.39 is 0 Å². The van der Waals surface area contributed by atoms with Gasteiger partial charge in [-0.3, -0.25) is 4.79 Å². The monoisotopic (exact) mass is 316 g/mol. The first kappa shape index (κ1) is 16.0. The topological polar surface area (TPSA) is 54.7 Å². The van der Waals surface area contributed by atoms with Gasteiger partial charge in [-0.2, -0.15) is 0 Å². The number of aryl methyl sites for hydroxylation is 1. The lowest BCUT2D eigenvalue weighted by atomic mass is 10.1. The number of benzene rings is 1. The van der Waals surface area contributed by atoms with Crippen LogP contribution in [0.4, 0.5) is 0 Å². The van der Waals surface area contributed by atoms with E-state index in [1.165, 1.54) is 5.52 Å². The Morgan fingerprint density at radius 3 is 2.91 bits per heavy atom. The molecule has 2 unspecified atom stereocenters. The van der Waals surface area contributed by atoms with E-state index in [1.54, 1.807) is 0 Å². The molecule has 0 radical (unpaired) electrons. The molecule has 1 aromatic carbocycles. The summed E-state index contributed by atoms with van der Waals surface area (Å²) in [6.45, 7) is 5.87. The highest BCUT2D eigenvalue weighted by Crippen LogP contribution is 2.23. The van der Waals surface area contributed by atoms with Crippen LogP contribution < -0.4 is 0 Å². The molecule has 2 aromatic rings. The van der Waals surface area contributed by atoms with Crippen LogP contribution in [-0.4, -0.2) is 52.4 Å². The number of carbonyl (C=O) groups is 1. The first-order chi connectivity index (χ1) is 11.1. The van der Waals surface area contributed by atoms with Crippen LogP contribution >= 0.6 is 0 Å². The maximum Gasteiger partial charge on any atom is 0.227 e. The molecule has 5 heteroatoms. The van der Waals surface area contributed by atoms with E-state index in [1.807, 2.05) is 24.0 Å². The van der Waals surface area contributed by atoms with Crippen LogP contribution in [0, 0.1) is 0 Å². The summed E-state index contributed by atoms with van der Waals surface area (Å²) >= 11 is 0. The van der Waals surface area contributed by atoms with E-state index in [2.05, 4.69) is 29.8 Å². The van der Waals surface area contributed by atoms with Crippen LogP contribution in [0.2, 0.25) is 0 Å². The normalized spacial score (nSPS) is 21.8. The molecule has 1 amide bonds. The number of aliphatic hydroxyl groups excluding tert-OH is 1. The molecule has 0 bridgehead atoms. The molecule has 0 saturated carbocycles. The molecule has 1 aliphatic heterocycles. The molecule has 2 heterocycles. The molecule has 1 aromatic heterocycles. The Morgan fingerprint density at radius 1 is 1.39 bits per heavy atom. The van der Waals surface area contributed by atoms with Crippen molar-refractivity contribution in [2.75, 3.05) is 19.8 Å². The molecule has 1 saturated heterocycles. The third-order valence-corrected chi connectivity index (χ3v) is 4.58. The molecule has 2 atom stereocenters. The Bertz CT molecular complexity index is 695. The van der Waals surface area contributed by atoms with Gasteiger partial charge >= 0.3 is 0 Å². The molecular weight excluding hydrogens is 292 g/mol. The molecule has 5 nitrogen and oxygen atoms in total. The zero-order chi connectivity index (χ0) is 16.4. The Hall–Kier alpha value is -1.85. The highest BCUT2D eigenvalue weighted by molar-refractivity contribution is 5.89. The highest BCUT2D eigenvalue weighted by atomic mass is 16.5. The van der Waals surface area contributed by atoms with E-state index in [0.29, 0.717) is 19.6 Å². The Balaban J connectivity index is 1.82. The zero-order valence-corrected chi connectivity index (χ0v) is 13.7. The number of carbonyl (C=O) groups excluding carboxylic acids is 1. The van der Waals surface area contributed by atoms with Gasteiger partial charge in [-0.25, -0.2) is 0 Å². The number of hydrogen-bond donors (Lipinski definition) is 1. The first-order valence-corrected chi connectivity index (χ1v) is 8.22. The van der Waals surface area contributed by atoms with Crippen LogP contribution in [-0.2, 0) is 22.5 Å². The lowest BCUT2D eigenvalue weighted by molar-refractivity contribution is -0.145. The maximum absolute atomic E-state index is 12.8. The fourth-order valence-corrected chi connectivity index (χ4v) is 3.27. The number of morpholine rings is 1. The average molecular weight is 316 g/mol. The van der Waals surface area contributed by atoms with Gasteiger partial charge in [-0.15, -0.1) is 0 Å². The van der Waals surface area contributed by atoms with Crippen LogP contribution in [0.25, 0.3) is 10.9 Å². The average Bonchev–Trinajstić information content (AvgIpc) is 2.93. The van der Waals surface area contributed by atoms with E-state index in [4.69, 9.17) is 4.74 Å². The van der Waals surface area contributed by atoms with Crippen molar-refractivity contribution in [1.29, 1.82) is 0 Å². The van der Waals surface area contributed by atoms with Gasteiger partial charge in [0, 0.05) is 30.2 Å². The van der Waals surface area contributed by atoms with E-state index in [9.17, 15) is 9.90 Å². The third kappa shape index (κ3) is 3.12. The number of nitrogens with zero attached hydrogens (tertiary/aromatic N) is 2. The van der Waals surface area contributed by atoms with Crippen LogP contribution in [0.1, 0.15) is 19.4 Å². The van der Waals surface area contributed by atoms with E-state index in [-0.39, 0.29) is 24.7 Å². The van der Waals surface area contributed by atoms with Crippen LogP contribution in [0.5, 0.6) is 0 Å². The van der Waals surface area contributed by atoms with Gasteiger partial charge in [-0.1, -0.05) is 18.2 Å². The second-order valence-electron chi connectivity index (χ2n) is 6.17. The predicted octanol–water partition coefficient (Wildman–Crippen LogP) is 1.81. The summed E-state index contributed by atoms with van der Waals surface area (Å²) in [5.74, 6) is 0.0956. The van der Waals surface area contributed by atoms with Gasteiger partial charge in [0.15, 0.2) is 0 Å². The molecule has 0 aliphatic carbocycles. The van der Waals surface area contributed by atoms with E-state index in [0.717, 1.165) is 17.5 Å². The van der Waals surface area contributed by atoms with Crippen LogP contribution in [0.15, 0.2) is 30.5 Å². The Morgan fingerprint density at radius 2 is 2.17 bits per heavy atom. The minimum atomic E-state index is -0.271. The lowest BCUT2D eigenvalue weighted by Crippen LogP contribution is -2.52. The van der Waals surface area contributed by atoms with Crippen molar-refractivity contribution >= 4 is 16.8 Å². The molecule has 1 aliphatic rings. The highest BCUT2D eigenvalue weighted by Gasteiger charge is 2.29. The number of aliphatic hydroxyl groups is 1. The number of rotatable bonds is 4. The fourth-order valence-electron chi connectivity index (χ4n) is 3.27. The van der Waals surface area contributed by atoms with Crippen LogP contribution in [0.3, 0.4) is 0 Å². The Kier molecular flexibility index (Phi) is 4.68. The largest absolute Gasteiger partial charge is 0.394 e. The first-order valence-electron chi connectivity index (χ1n) is 8.22. The third-order valence-electron chi connectivity index (χ3n) is 4.58. The van der Waals surface area contributed by atoms with Crippen molar-refractivity contribution in [1.82, 2.24) is 9.47 Å². The molecule has 0 spiro atoms. The minimum absolute atomic E-state index is 0.0461. The van der Waals surface area contributed by atoms with Gasteiger partial charge in [0.2, 0.25) is 5.91 Å².